The number of aromatic nitrogens is 3. The molecule has 0 atom stereocenters. The van der Waals surface area contributed by atoms with Gasteiger partial charge < -0.3 is 10.5 Å². The maximum Gasteiger partial charge on any atom is 0.224 e. The van der Waals surface area contributed by atoms with E-state index in [-0.39, 0.29) is 5.95 Å². The van der Waals surface area contributed by atoms with E-state index in [1.165, 1.54) is 0 Å². The minimum absolute atomic E-state index is 0.204. The van der Waals surface area contributed by atoms with Gasteiger partial charge in [0.2, 0.25) is 11.8 Å². The highest BCUT2D eigenvalue weighted by Gasteiger charge is 2.02. The zero-order chi connectivity index (χ0) is 11.5. The van der Waals surface area contributed by atoms with E-state index in [0.717, 1.165) is 11.4 Å². The highest BCUT2D eigenvalue weighted by atomic mass is 16.5. The Morgan fingerprint density at radius 2 is 1.94 bits per heavy atom. The molecule has 2 N–H and O–H groups in total. The van der Waals surface area contributed by atoms with Gasteiger partial charge in [-0.1, -0.05) is 0 Å². The van der Waals surface area contributed by atoms with Crippen LogP contribution >= 0.6 is 0 Å². The molecule has 0 unspecified atom stereocenters. The number of rotatable bonds is 2. The molecule has 0 aliphatic carbocycles. The summed E-state index contributed by atoms with van der Waals surface area (Å²) in [5.41, 5.74) is 7.22. The zero-order valence-corrected chi connectivity index (χ0v) is 9.14. The van der Waals surface area contributed by atoms with Crippen molar-refractivity contribution >= 4 is 5.95 Å². The molecule has 2 heterocycles. The Bertz CT molecular complexity index is 476. The summed E-state index contributed by atoms with van der Waals surface area (Å²) < 4.78 is 5.50. The molecule has 2 aromatic heterocycles. The van der Waals surface area contributed by atoms with Crippen molar-refractivity contribution in [2.24, 2.45) is 0 Å². The molecule has 16 heavy (non-hydrogen) atoms. The largest absolute Gasteiger partial charge is 0.437 e. The highest BCUT2D eigenvalue weighted by molar-refractivity contribution is 5.30. The van der Waals surface area contributed by atoms with Crippen LogP contribution in [0.4, 0.5) is 5.95 Å². The first-order valence-electron chi connectivity index (χ1n) is 4.85. The summed E-state index contributed by atoms with van der Waals surface area (Å²) in [6, 6.07) is 5.42. The summed E-state index contributed by atoms with van der Waals surface area (Å²) in [6.45, 7) is 3.74. The molecule has 0 fully saturated rings. The fourth-order valence-corrected chi connectivity index (χ4v) is 1.25. The van der Waals surface area contributed by atoms with E-state index in [0.29, 0.717) is 11.6 Å². The summed E-state index contributed by atoms with van der Waals surface area (Å²) in [6.07, 6.45) is 1.64. The lowest BCUT2D eigenvalue weighted by Crippen LogP contribution is -1.98. The lowest BCUT2D eigenvalue weighted by molar-refractivity contribution is 0.459. The van der Waals surface area contributed by atoms with Crippen LogP contribution in [0.3, 0.4) is 0 Å². The third-order valence-electron chi connectivity index (χ3n) is 1.95. The van der Waals surface area contributed by atoms with Crippen molar-refractivity contribution in [3.63, 3.8) is 0 Å². The second kappa shape index (κ2) is 4.14. The van der Waals surface area contributed by atoms with Gasteiger partial charge in [0.05, 0.1) is 6.20 Å². The molecule has 0 saturated heterocycles. The predicted molar refractivity (Wildman–Crippen MR) is 60.2 cm³/mol. The standard InChI is InChI=1S/C11H12N4O/c1-7-3-4-9(6-13-7)16-10-5-8(2)14-11(12)15-10/h3-6H,1-2H3,(H2,12,14,15). The monoisotopic (exact) mass is 216 g/mol. The van der Waals surface area contributed by atoms with Gasteiger partial charge in [0.25, 0.3) is 0 Å². The van der Waals surface area contributed by atoms with Gasteiger partial charge in [0.1, 0.15) is 5.75 Å². The number of nitrogens with zero attached hydrogens (tertiary/aromatic N) is 3. The molecule has 82 valence electrons. The molecule has 0 saturated carbocycles. The van der Waals surface area contributed by atoms with Gasteiger partial charge in [-0.2, -0.15) is 4.98 Å². The van der Waals surface area contributed by atoms with Crippen molar-refractivity contribution in [2.75, 3.05) is 5.73 Å². The van der Waals surface area contributed by atoms with E-state index in [1.807, 2.05) is 26.0 Å². The SMILES string of the molecule is Cc1ccc(Oc2cc(C)nc(N)n2)cn1. The third kappa shape index (κ3) is 2.44. The van der Waals surface area contributed by atoms with E-state index in [2.05, 4.69) is 15.0 Å². The Labute approximate surface area is 93.3 Å². The Balaban J connectivity index is 2.23. The molecule has 5 heteroatoms. The van der Waals surface area contributed by atoms with Crippen molar-refractivity contribution in [1.29, 1.82) is 0 Å². The van der Waals surface area contributed by atoms with Crippen LogP contribution in [0.25, 0.3) is 0 Å². The van der Waals surface area contributed by atoms with Crippen LogP contribution in [0.2, 0.25) is 0 Å². The van der Waals surface area contributed by atoms with E-state index in [1.54, 1.807) is 12.3 Å². The van der Waals surface area contributed by atoms with E-state index in [4.69, 9.17) is 10.5 Å². The van der Waals surface area contributed by atoms with E-state index >= 15 is 0 Å². The van der Waals surface area contributed by atoms with Gasteiger partial charge in [0.15, 0.2) is 0 Å². The van der Waals surface area contributed by atoms with Crippen LogP contribution in [0.5, 0.6) is 11.6 Å². The molecule has 2 rings (SSSR count). The maximum absolute atomic E-state index is 5.52. The van der Waals surface area contributed by atoms with Crippen LogP contribution < -0.4 is 10.5 Å². The quantitative estimate of drug-likeness (QED) is 0.829. The number of hydrogen-bond donors (Lipinski definition) is 1. The van der Waals surface area contributed by atoms with Gasteiger partial charge in [-0.05, 0) is 26.0 Å². The van der Waals surface area contributed by atoms with Crippen LogP contribution in [-0.2, 0) is 0 Å². The number of nitrogen functional groups attached to an aromatic ring is 1. The molecule has 0 amide bonds. The molecule has 5 nitrogen and oxygen atoms in total. The molecular weight excluding hydrogens is 204 g/mol. The smallest absolute Gasteiger partial charge is 0.224 e. The highest BCUT2D eigenvalue weighted by Crippen LogP contribution is 2.19. The molecule has 0 spiro atoms. The van der Waals surface area contributed by atoms with Gasteiger partial charge in [-0.3, -0.25) is 4.98 Å². The molecule has 2 aromatic rings. The predicted octanol–water partition coefficient (Wildman–Crippen LogP) is 1.86. The van der Waals surface area contributed by atoms with Crippen LogP contribution in [0, 0.1) is 13.8 Å². The van der Waals surface area contributed by atoms with Gasteiger partial charge in [-0.25, -0.2) is 4.98 Å². The number of pyridine rings is 1. The number of nitrogens with two attached hydrogens (primary N) is 1. The van der Waals surface area contributed by atoms with Crippen molar-refractivity contribution in [3.8, 4) is 11.6 Å². The molecule has 0 aliphatic heterocycles. The topological polar surface area (TPSA) is 73.9 Å². The lowest BCUT2D eigenvalue weighted by Gasteiger charge is -2.05. The summed E-state index contributed by atoms with van der Waals surface area (Å²) in [4.78, 5) is 12.0. The number of hydrogen-bond acceptors (Lipinski definition) is 5. The maximum atomic E-state index is 5.52. The average molecular weight is 216 g/mol. The fraction of sp³-hybridized carbons (Fsp3) is 0.182. The third-order valence-corrected chi connectivity index (χ3v) is 1.95. The fourth-order valence-electron chi connectivity index (χ4n) is 1.25. The molecular formula is C11H12N4O. The second-order valence-corrected chi connectivity index (χ2v) is 3.44. The number of ether oxygens (including phenoxy) is 1. The van der Waals surface area contributed by atoms with Crippen molar-refractivity contribution in [3.05, 3.63) is 35.8 Å². The van der Waals surface area contributed by atoms with E-state index < -0.39 is 0 Å². The molecule has 0 bridgehead atoms. The van der Waals surface area contributed by atoms with E-state index in [9.17, 15) is 0 Å². The van der Waals surface area contributed by atoms with Crippen molar-refractivity contribution in [1.82, 2.24) is 15.0 Å². The van der Waals surface area contributed by atoms with Crippen molar-refractivity contribution < 1.29 is 4.74 Å². The van der Waals surface area contributed by atoms with Crippen LogP contribution in [-0.4, -0.2) is 15.0 Å². The van der Waals surface area contributed by atoms with Crippen molar-refractivity contribution in [2.45, 2.75) is 13.8 Å². The first-order chi connectivity index (χ1) is 7.63. The Morgan fingerprint density at radius 1 is 1.12 bits per heavy atom. The number of aryl methyl sites for hydroxylation is 2. The Hall–Kier alpha value is -2.17. The van der Waals surface area contributed by atoms with Crippen LogP contribution in [0.1, 0.15) is 11.4 Å². The Morgan fingerprint density at radius 3 is 2.56 bits per heavy atom. The summed E-state index contributed by atoms with van der Waals surface area (Å²) in [5.74, 6) is 1.26. The number of anilines is 1. The Kier molecular flexibility index (Phi) is 2.68. The lowest BCUT2D eigenvalue weighted by atomic mass is 10.4. The van der Waals surface area contributed by atoms with Gasteiger partial charge in [0, 0.05) is 17.5 Å². The first-order valence-corrected chi connectivity index (χ1v) is 4.85. The first kappa shape index (κ1) is 10.4. The van der Waals surface area contributed by atoms with Crippen LogP contribution in [0.15, 0.2) is 24.4 Å². The minimum atomic E-state index is 0.204. The molecule has 0 aromatic carbocycles. The molecule has 0 aliphatic rings. The summed E-state index contributed by atoms with van der Waals surface area (Å²) >= 11 is 0. The average Bonchev–Trinajstić information content (AvgIpc) is 2.20. The van der Waals surface area contributed by atoms with Gasteiger partial charge in [-0.15, -0.1) is 0 Å². The minimum Gasteiger partial charge on any atom is -0.437 e. The second-order valence-electron chi connectivity index (χ2n) is 3.44. The zero-order valence-electron chi connectivity index (χ0n) is 9.14. The molecule has 0 radical (unpaired) electrons. The summed E-state index contributed by atoms with van der Waals surface area (Å²) in [7, 11) is 0. The van der Waals surface area contributed by atoms with Gasteiger partial charge >= 0.3 is 0 Å². The summed E-state index contributed by atoms with van der Waals surface area (Å²) in [5, 5.41) is 0. The normalized spacial score (nSPS) is 10.1.